The molecule has 0 spiro atoms. The summed E-state index contributed by atoms with van der Waals surface area (Å²) in [6, 6.07) is 0.785. The zero-order chi connectivity index (χ0) is 9.97. The number of rotatable bonds is 2. The number of thiazole rings is 1. The van der Waals surface area contributed by atoms with E-state index >= 15 is 0 Å². The van der Waals surface area contributed by atoms with Gasteiger partial charge in [-0.25, -0.2) is 4.98 Å². The van der Waals surface area contributed by atoms with Crippen LogP contribution in [0.1, 0.15) is 30.8 Å². The molecule has 78 valence electrons. The van der Waals surface area contributed by atoms with Crippen molar-refractivity contribution >= 4 is 11.3 Å². The molecule has 0 amide bonds. The molecule has 1 fully saturated rings. The predicted octanol–water partition coefficient (Wildman–Crippen LogP) is 1.63. The molecule has 0 saturated carbocycles. The molecule has 3 nitrogen and oxygen atoms in total. The second kappa shape index (κ2) is 4.38. The average Bonchev–Trinajstić information content (AvgIpc) is 2.69. The van der Waals surface area contributed by atoms with Crippen molar-refractivity contribution in [3.63, 3.8) is 0 Å². The first-order chi connectivity index (χ1) is 6.77. The zero-order valence-corrected chi connectivity index (χ0v) is 9.33. The molecule has 1 aliphatic heterocycles. The van der Waals surface area contributed by atoms with Gasteiger partial charge in [0.25, 0.3) is 0 Å². The van der Waals surface area contributed by atoms with Crippen LogP contribution < -0.4 is 5.73 Å². The van der Waals surface area contributed by atoms with E-state index in [4.69, 9.17) is 5.73 Å². The van der Waals surface area contributed by atoms with Crippen LogP contribution in [0, 0.1) is 0 Å². The summed E-state index contributed by atoms with van der Waals surface area (Å²) < 4.78 is 0. The predicted molar refractivity (Wildman–Crippen MR) is 59.3 cm³/mol. The molecule has 1 aromatic rings. The molecule has 0 radical (unpaired) electrons. The highest BCUT2D eigenvalue weighted by molar-refractivity contribution is 7.09. The first-order valence-electron chi connectivity index (χ1n) is 5.16. The largest absolute Gasteiger partial charge is 0.327 e. The van der Waals surface area contributed by atoms with E-state index in [-0.39, 0.29) is 0 Å². The Hall–Kier alpha value is -0.450. The second-order valence-corrected chi connectivity index (χ2v) is 4.87. The molecular formula is C10H17N3S. The molecule has 0 bridgehead atoms. The topological polar surface area (TPSA) is 42.2 Å². The van der Waals surface area contributed by atoms with Gasteiger partial charge >= 0.3 is 0 Å². The Morgan fingerprint density at radius 1 is 1.71 bits per heavy atom. The Bertz CT molecular complexity index is 273. The van der Waals surface area contributed by atoms with E-state index in [1.807, 2.05) is 11.6 Å². The van der Waals surface area contributed by atoms with Crippen molar-refractivity contribution in [3.05, 3.63) is 16.6 Å². The summed E-state index contributed by atoms with van der Waals surface area (Å²) in [5.74, 6) is 0. The SMILES string of the molecule is C[C@@H](c1nccs1)N1CCC[C@@H](N)C1. The maximum Gasteiger partial charge on any atom is 0.109 e. The Morgan fingerprint density at radius 3 is 3.21 bits per heavy atom. The quantitative estimate of drug-likeness (QED) is 0.808. The van der Waals surface area contributed by atoms with Crippen LogP contribution in [0.4, 0.5) is 0 Å². The summed E-state index contributed by atoms with van der Waals surface area (Å²) in [7, 11) is 0. The molecule has 0 aliphatic carbocycles. The van der Waals surface area contributed by atoms with Crippen LogP contribution in [0.3, 0.4) is 0 Å². The Labute approximate surface area is 88.9 Å². The first kappa shape index (κ1) is 10.1. The second-order valence-electron chi connectivity index (χ2n) is 3.94. The third-order valence-electron chi connectivity index (χ3n) is 2.85. The van der Waals surface area contributed by atoms with Crippen LogP contribution in [0.15, 0.2) is 11.6 Å². The van der Waals surface area contributed by atoms with Crippen molar-refractivity contribution in [1.82, 2.24) is 9.88 Å². The van der Waals surface area contributed by atoms with Gasteiger partial charge in [-0.2, -0.15) is 0 Å². The zero-order valence-electron chi connectivity index (χ0n) is 8.52. The summed E-state index contributed by atoms with van der Waals surface area (Å²) in [5.41, 5.74) is 5.96. The van der Waals surface area contributed by atoms with Gasteiger partial charge in [0.1, 0.15) is 5.01 Å². The van der Waals surface area contributed by atoms with Crippen LogP contribution in [-0.2, 0) is 0 Å². The lowest BCUT2D eigenvalue weighted by Crippen LogP contribution is -2.43. The van der Waals surface area contributed by atoms with Crippen LogP contribution in [0.2, 0.25) is 0 Å². The van der Waals surface area contributed by atoms with E-state index in [1.54, 1.807) is 11.3 Å². The highest BCUT2D eigenvalue weighted by Gasteiger charge is 2.23. The number of hydrogen-bond donors (Lipinski definition) is 1. The molecule has 4 heteroatoms. The van der Waals surface area contributed by atoms with Gasteiger partial charge in [-0.3, -0.25) is 4.90 Å². The van der Waals surface area contributed by atoms with Crippen molar-refractivity contribution in [2.75, 3.05) is 13.1 Å². The van der Waals surface area contributed by atoms with Crippen molar-refractivity contribution in [2.45, 2.75) is 31.8 Å². The number of hydrogen-bond acceptors (Lipinski definition) is 4. The standard InChI is InChI=1S/C10H17N3S/c1-8(10-12-4-6-14-10)13-5-2-3-9(11)7-13/h4,6,8-9H,2-3,5,7,11H2,1H3/t8-,9+/m0/s1. The fraction of sp³-hybridized carbons (Fsp3) is 0.700. The molecule has 2 atom stereocenters. The lowest BCUT2D eigenvalue weighted by molar-refractivity contribution is 0.159. The highest BCUT2D eigenvalue weighted by Crippen LogP contribution is 2.24. The minimum absolute atomic E-state index is 0.353. The molecule has 2 N–H and O–H groups in total. The molecule has 14 heavy (non-hydrogen) atoms. The summed E-state index contributed by atoms with van der Waals surface area (Å²) in [6.07, 6.45) is 4.26. The Morgan fingerprint density at radius 2 is 2.57 bits per heavy atom. The van der Waals surface area contributed by atoms with Crippen LogP contribution >= 0.6 is 11.3 Å². The van der Waals surface area contributed by atoms with Crippen molar-refractivity contribution in [1.29, 1.82) is 0 Å². The Kier molecular flexibility index (Phi) is 3.15. The normalized spacial score (nSPS) is 26.3. The van der Waals surface area contributed by atoms with Crippen molar-refractivity contribution in [3.8, 4) is 0 Å². The lowest BCUT2D eigenvalue weighted by atomic mass is 10.1. The molecule has 0 unspecified atom stereocenters. The van der Waals surface area contributed by atoms with Gasteiger partial charge in [-0.05, 0) is 26.3 Å². The van der Waals surface area contributed by atoms with E-state index < -0.39 is 0 Å². The van der Waals surface area contributed by atoms with Gasteiger partial charge in [0, 0.05) is 24.2 Å². The van der Waals surface area contributed by atoms with E-state index in [2.05, 4.69) is 16.8 Å². The van der Waals surface area contributed by atoms with E-state index in [0.717, 1.165) is 13.1 Å². The van der Waals surface area contributed by atoms with Gasteiger partial charge in [-0.15, -0.1) is 11.3 Å². The minimum Gasteiger partial charge on any atom is -0.327 e. The molecular weight excluding hydrogens is 194 g/mol. The van der Waals surface area contributed by atoms with Gasteiger partial charge in [-0.1, -0.05) is 0 Å². The Balaban J connectivity index is 2.00. The third-order valence-corrected chi connectivity index (χ3v) is 3.79. The first-order valence-corrected chi connectivity index (χ1v) is 6.04. The molecule has 2 rings (SSSR count). The molecule has 0 aromatic carbocycles. The highest BCUT2D eigenvalue weighted by atomic mass is 32.1. The van der Waals surface area contributed by atoms with Crippen molar-refractivity contribution in [2.24, 2.45) is 5.73 Å². The smallest absolute Gasteiger partial charge is 0.109 e. The van der Waals surface area contributed by atoms with Crippen LogP contribution in [0.25, 0.3) is 0 Å². The summed E-state index contributed by atoms with van der Waals surface area (Å²) >= 11 is 1.73. The van der Waals surface area contributed by atoms with E-state index in [0.29, 0.717) is 12.1 Å². The third kappa shape index (κ3) is 2.13. The maximum absolute atomic E-state index is 5.96. The molecule has 1 aliphatic rings. The molecule has 2 heterocycles. The van der Waals surface area contributed by atoms with Crippen LogP contribution in [-0.4, -0.2) is 29.0 Å². The number of nitrogens with zero attached hydrogens (tertiary/aromatic N) is 2. The fourth-order valence-electron chi connectivity index (χ4n) is 1.99. The number of likely N-dealkylation sites (tertiary alicyclic amines) is 1. The van der Waals surface area contributed by atoms with Gasteiger partial charge < -0.3 is 5.73 Å². The van der Waals surface area contributed by atoms with E-state index in [9.17, 15) is 0 Å². The molecule has 1 aromatic heterocycles. The van der Waals surface area contributed by atoms with Gasteiger partial charge in [0.15, 0.2) is 0 Å². The molecule has 1 saturated heterocycles. The van der Waals surface area contributed by atoms with Crippen LogP contribution in [0.5, 0.6) is 0 Å². The maximum atomic E-state index is 5.96. The summed E-state index contributed by atoms with van der Waals surface area (Å²) in [5, 5.41) is 3.24. The lowest BCUT2D eigenvalue weighted by Gasteiger charge is -2.34. The van der Waals surface area contributed by atoms with Crippen molar-refractivity contribution < 1.29 is 0 Å². The summed E-state index contributed by atoms with van der Waals surface area (Å²) in [6.45, 7) is 4.39. The fourth-order valence-corrected chi connectivity index (χ4v) is 2.72. The minimum atomic E-state index is 0.353. The van der Waals surface area contributed by atoms with Gasteiger partial charge in [0.2, 0.25) is 0 Å². The number of nitrogens with two attached hydrogens (primary N) is 1. The van der Waals surface area contributed by atoms with E-state index in [1.165, 1.54) is 17.8 Å². The monoisotopic (exact) mass is 211 g/mol. The average molecular weight is 211 g/mol. The summed E-state index contributed by atoms with van der Waals surface area (Å²) in [4.78, 5) is 6.79. The van der Waals surface area contributed by atoms with Gasteiger partial charge in [0.05, 0.1) is 6.04 Å². The number of aromatic nitrogens is 1. The number of piperidine rings is 1.